The van der Waals surface area contributed by atoms with Gasteiger partial charge < -0.3 is 10.0 Å². The lowest BCUT2D eigenvalue weighted by Gasteiger charge is -2.38. The van der Waals surface area contributed by atoms with Crippen molar-refractivity contribution in [2.24, 2.45) is 0 Å². The number of hydrogen-bond donors (Lipinski definition) is 1. The van der Waals surface area contributed by atoms with E-state index in [1.54, 1.807) is 12.1 Å². The van der Waals surface area contributed by atoms with Crippen molar-refractivity contribution in [1.29, 1.82) is 0 Å². The van der Waals surface area contributed by atoms with Crippen LogP contribution in [0.3, 0.4) is 0 Å². The largest absolute Gasteiger partial charge is 0.480 e. The van der Waals surface area contributed by atoms with Gasteiger partial charge in [0.15, 0.2) is 0 Å². The Morgan fingerprint density at radius 1 is 1.29 bits per heavy atom. The number of para-hydroxylation sites is 1. The van der Waals surface area contributed by atoms with E-state index in [4.69, 9.17) is 5.11 Å². The normalized spacial score (nSPS) is 18.3. The van der Waals surface area contributed by atoms with Gasteiger partial charge in [0.25, 0.3) is 0 Å². The van der Waals surface area contributed by atoms with Gasteiger partial charge in [-0.3, -0.25) is 9.69 Å². The zero-order chi connectivity index (χ0) is 15.2. The molecule has 0 saturated carbocycles. The van der Waals surface area contributed by atoms with Crippen LogP contribution in [0.4, 0.5) is 10.5 Å². The van der Waals surface area contributed by atoms with Crippen LogP contribution in [0.5, 0.6) is 0 Å². The molecule has 1 heterocycles. The Bertz CT molecular complexity index is 490. The second kappa shape index (κ2) is 7.11. The van der Waals surface area contributed by atoms with Gasteiger partial charge in [-0.25, -0.2) is 4.79 Å². The number of urea groups is 1. The molecule has 0 aliphatic carbocycles. The number of carbonyl (C=O) groups is 2. The van der Waals surface area contributed by atoms with E-state index < -0.39 is 5.97 Å². The Morgan fingerprint density at radius 2 is 2.00 bits per heavy atom. The molecule has 1 aromatic rings. The number of likely N-dealkylation sites (tertiary alicyclic amines) is 1. The molecule has 5 heteroatoms. The van der Waals surface area contributed by atoms with Crippen LogP contribution in [0.1, 0.15) is 32.6 Å². The fourth-order valence-electron chi connectivity index (χ4n) is 2.84. The topological polar surface area (TPSA) is 60.9 Å². The summed E-state index contributed by atoms with van der Waals surface area (Å²) in [5.74, 6) is -1.00. The summed E-state index contributed by atoms with van der Waals surface area (Å²) < 4.78 is 0. The monoisotopic (exact) mass is 290 g/mol. The maximum absolute atomic E-state index is 12.8. The molecular formula is C16H22N2O3. The quantitative estimate of drug-likeness (QED) is 0.927. The lowest BCUT2D eigenvalue weighted by Crippen LogP contribution is -2.51. The third kappa shape index (κ3) is 3.74. The van der Waals surface area contributed by atoms with Crippen molar-refractivity contribution in [2.75, 3.05) is 18.0 Å². The van der Waals surface area contributed by atoms with E-state index >= 15 is 0 Å². The van der Waals surface area contributed by atoms with Crippen LogP contribution in [0.25, 0.3) is 0 Å². The van der Waals surface area contributed by atoms with Crippen molar-refractivity contribution >= 4 is 17.7 Å². The van der Waals surface area contributed by atoms with Gasteiger partial charge in [-0.05, 0) is 37.8 Å². The molecule has 5 nitrogen and oxygen atoms in total. The maximum Gasteiger partial charge on any atom is 0.325 e. The first-order valence-corrected chi connectivity index (χ1v) is 7.48. The molecule has 1 aliphatic heterocycles. The minimum atomic E-state index is -1.00. The second-order valence-electron chi connectivity index (χ2n) is 5.35. The molecule has 0 radical (unpaired) electrons. The van der Waals surface area contributed by atoms with E-state index in [-0.39, 0.29) is 18.6 Å². The van der Waals surface area contributed by atoms with Gasteiger partial charge in [-0.2, -0.15) is 0 Å². The molecule has 1 aliphatic rings. The molecule has 1 fully saturated rings. The van der Waals surface area contributed by atoms with Gasteiger partial charge in [-0.1, -0.05) is 25.1 Å². The van der Waals surface area contributed by atoms with Gasteiger partial charge >= 0.3 is 12.0 Å². The summed E-state index contributed by atoms with van der Waals surface area (Å²) >= 11 is 0. The van der Waals surface area contributed by atoms with E-state index in [1.807, 2.05) is 23.1 Å². The van der Waals surface area contributed by atoms with Crippen molar-refractivity contribution in [3.63, 3.8) is 0 Å². The SMILES string of the molecule is CCC1CCCCN1C(=O)N(CC(=O)O)c1ccccc1. The lowest BCUT2D eigenvalue weighted by molar-refractivity contribution is -0.135. The number of anilines is 1. The zero-order valence-corrected chi connectivity index (χ0v) is 12.4. The summed E-state index contributed by atoms with van der Waals surface area (Å²) in [5.41, 5.74) is 0.630. The average molecular weight is 290 g/mol. The standard InChI is InChI=1S/C16H22N2O3/c1-2-13-8-6-7-11-17(13)16(21)18(12-15(19)20)14-9-4-3-5-10-14/h3-5,9-10,13H,2,6-8,11-12H2,1H3,(H,19,20). The molecule has 1 atom stereocenters. The molecule has 1 saturated heterocycles. The van der Waals surface area contributed by atoms with E-state index in [2.05, 4.69) is 6.92 Å². The molecule has 1 aromatic carbocycles. The highest BCUT2D eigenvalue weighted by atomic mass is 16.4. The number of rotatable bonds is 4. The number of carboxylic acid groups (broad SMARTS) is 1. The van der Waals surface area contributed by atoms with Crippen molar-refractivity contribution in [2.45, 2.75) is 38.6 Å². The average Bonchev–Trinajstić information content (AvgIpc) is 2.52. The molecule has 21 heavy (non-hydrogen) atoms. The highest BCUT2D eigenvalue weighted by molar-refractivity contribution is 5.96. The number of carboxylic acids is 1. The maximum atomic E-state index is 12.8. The van der Waals surface area contributed by atoms with Crippen LogP contribution >= 0.6 is 0 Å². The molecule has 0 spiro atoms. The first-order valence-electron chi connectivity index (χ1n) is 7.48. The predicted molar refractivity (Wildman–Crippen MR) is 81.5 cm³/mol. The number of nitrogens with zero attached hydrogens (tertiary/aromatic N) is 2. The van der Waals surface area contributed by atoms with Gasteiger partial charge in [-0.15, -0.1) is 0 Å². The molecule has 1 unspecified atom stereocenters. The first-order chi connectivity index (χ1) is 10.1. The smallest absolute Gasteiger partial charge is 0.325 e. The summed E-state index contributed by atoms with van der Waals surface area (Å²) in [6, 6.07) is 9.03. The van der Waals surface area contributed by atoms with Crippen LogP contribution < -0.4 is 4.90 Å². The van der Waals surface area contributed by atoms with Crippen molar-refractivity contribution in [1.82, 2.24) is 4.90 Å². The van der Waals surface area contributed by atoms with E-state index in [9.17, 15) is 9.59 Å². The number of amides is 2. The van der Waals surface area contributed by atoms with Gasteiger partial charge in [0.05, 0.1) is 0 Å². The minimum absolute atomic E-state index is 0.199. The Morgan fingerprint density at radius 3 is 2.62 bits per heavy atom. The summed E-state index contributed by atoms with van der Waals surface area (Å²) in [6.07, 6.45) is 4.02. The Balaban J connectivity index is 2.23. The summed E-state index contributed by atoms with van der Waals surface area (Å²) in [4.78, 5) is 27.1. The highest BCUT2D eigenvalue weighted by Gasteiger charge is 2.30. The van der Waals surface area contributed by atoms with Gasteiger partial charge in [0.1, 0.15) is 6.54 Å². The molecule has 2 amide bonds. The van der Waals surface area contributed by atoms with Gasteiger partial charge in [0.2, 0.25) is 0 Å². The van der Waals surface area contributed by atoms with Crippen LogP contribution in [0.15, 0.2) is 30.3 Å². The fourth-order valence-corrected chi connectivity index (χ4v) is 2.84. The number of piperidine rings is 1. The van der Waals surface area contributed by atoms with Crippen molar-refractivity contribution in [3.8, 4) is 0 Å². The highest BCUT2D eigenvalue weighted by Crippen LogP contribution is 2.23. The number of aliphatic carboxylic acids is 1. The van der Waals surface area contributed by atoms with Crippen molar-refractivity contribution < 1.29 is 14.7 Å². The molecular weight excluding hydrogens is 268 g/mol. The van der Waals surface area contributed by atoms with Crippen molar-refractivity contribution in [3.05, 3.63) is 30.3 Å². The summed E-state index contributed by atoms with van der Waals surface area (Å²) in [6.45, 7) is 2.47. The Labute approximate surface area is 125 Å². The number of hydrogen-bond acceptors (Lipinski definition) is 2. The van der Waals surface area contributed by atoms with Crippen LogP contribution in [0, 0.1) is 0 Å². The van der Waals surface area contributed by atoms with Crippen LogP contribution in [-0.4, -0.2) is 41.1 Å². The lowest BCUT2D eigenvalue weighted by atomic mass is 10.0. The van der Waals surface area contributed by atoms with E-state index in [0.29, 0.717) is 12.2 Å². The van der Waals surface area contributed by atoms with E-state index in [0.717, 1.165) is 25.7 Å². The predicted octanol–water partition coefficient (Wildman–Crippen LogP) is 2.96. The zero-order valence-electron chi connectivity index (χ0n) is 12.4. The summed E-state index contributed by atoms with van der Waals surface area (Å²) in [7, 11) is 0. The fraction of sp³-hybridized carbons (Fsp3) is 0.500. The van der Waals surface area contributed by atoms with Gasteiger partial charge in [0, 0.05) is 18.3 Å². The molecule has 0 bridgehead atoms. The third-order valence-corrected chi connectivity index (χ3v) is 3.94. The molecule has 2 rings (SSSR count). The second-order valence-corrected chi connectivity index (χ2v) is 5.35. The molecule has 114 valence electrons. The summed E-state index contributed by atoms with van der Waals surface area (Å²) in [5, 5.41) is 9.10. The van der Waals surface area contributed by atoms with Crippen LogP contribution in [0.2, 0.25) is 0 Å². The molecule has 0 aromatic heterocycles. The van der Waals surface area contributed by atoms with E-state index in [1.165, 1.54) is 4.90 Å². The number of benzene rings is 1. The first kappa shape index (κ1) is 15.4. The van der Waals surface area contributed by atoms with Crippen LogP contribution in [-0.2, 0) is 4.79 Å². The minimum Gasteiger partial charge on any atom is -0.480 e. The molecule has 1 N–H and O–H groups in total. The third-order valence-electron chi connectivity index (χ3n) is 3.94. The Kier molecular flexibility index (Phi) is 5.20. The Hall–Kier alpha value is -2.04. The number of carbonyl (C=O) groups excluding carboxylic acids is 1.